The zero-order valence-electron chi connectivity index (χ0n) is 60.3. The van der Waals surface area contributed by atoms with Crippen LogP contribution in [-0.2, 0) is 23.5 Å². The zero-order chi connectivity index (χ0) is 74.9. The normalized spacial score (nSPS) is 19.5. The van der Waals surface area contributed by atoms with Gasteiger partial charge in [0.2, 0.25) is 11.6 Å². The number of benzene rings is 4. The summed E-state index contributed by atoms with van der Waals surface area (Å²) in [4.78, 5) is 33.2. The van der Waals surface area contributed by atoms with Crippen molar-refractivity contribution in [3.8, 4) is 33.4 Å². The SMILES string of the molecule is COC1CCC(NCl)CC1.COC1CCC(Nc2ccc(-c3c(C)noc3C)cc2N)CC1.COC1CCC(Nc2ccc(-c3c(C)noc3C)cc2[N+](=O)[O-])CC1.Cc1noc(C)c1-c1ccc(F)c([N+](=O)[O-])c1.Cc1noc(C)c1B1OC(C)(C)C(C)(C)O1.O=[N+]([O-])c1cc(Br)ccc1F. The second-order valence-corrected chi connectivity index (χ2v) is 27.7. The second-order valence-electron chi connectivity index (χ2n) is 26.5. The number of nitrogens with two attached hydrogens (primary N) is 1. The summed E-state index contributed by atoms with van der Waals surface area (Å²) >= 11 is 8.47. The lowest BCUT2D eigenvalue weighted by Gasteiger charge is -2.32. The Morgan fingerprint density at radius 1 is 0.500 bits per heavy atom. The van der Waals surface area contributed by atoms with E-state index in [1.54, 1.807) is 47.3 Å². The van der Waals surface area contributed by atoms with Crippen LogP contribution in [-0.4, -0.2) is 111 Å². The maximum absolute atomic E-state index is 13.2. The van der Waals surface area contributed by atoms with Crippen LogP contribution in [0.5, 0.6) is 0 Å². The molecule has 8 aromatic rings. The summed E-state index contributed by atoms with van der Waals surface area (Å²) in [6, 6.07) is 19.9. The second kappa shape index (κ2) is 36.8. The molecule has 4 aromatic heterocycles. The maximum Gasteiger partial charge on any atom is 0.500 e. The smallest absolute Gasteiger partial charge is 0.399 e. The highest BCUT2D eigenvalue weighted by molar-refractivity contribution is 9.10. The van der Waals surface area contributed by atoms with Gasteiger partial charge in [0.25, 0.3) is 5.69 Å². The Bertz CT molecular complexity index is 4000. The number of hydrogen-bond acceptors (Lipinski definition) is 23. The number of anilines is 3. The molecule has 0 bridgehead atoms. The van der Waals surface area contributed by atoms with Crippen molar-refractivity contribution in [3.05, 3.63) is 165 Å². The molecule has 552 valence electrons. The van der Waals surface area contributed by atoms with Crippen LogP contribution in [0.25, 0.3) is 33.4 Å². The average Bonchev–Trinajstić information content (AvgIpc) is 1.61. The summed E-state index contributed by atoms with van der Waals surface area (Å²) < 4.78 is 74.7. The highest BCUT2D eigenvalue weighted by atomic mass is 79.9. The van der Waals surface area contributed by atoms with E-state index in [0.717, 1.165) is 163 Å². The average molecular weight is 1500 g/mol. The standard InChI is InChI=1S/C18H23N3O4.C18H25N3O2.C11H18BNO3.C11H9FN2O3.C7H14ClNO.C6H3BrFNO2/c1-11-18(12(2)25-20-11)13-4-9-16(17(10-13)21(22)23)19-14-5-7-15(24-3)8-6-14;1-11-18(12(2)23-21-11)13-4-9-17(16(19)10-13)20-14-5-7-15(22-3)8-6-14;1-7-9(8(2)14-13-7)12-15-10(3,4)11(5,6)16-12;1-6-11(7(2)17-13-6)8-3-4-9(12)10(5-8)14(15)16;1-10-7-4-2-6(9-8)3-5-7;7-4-1-2-5(8)6(3-4)9(10)11/h4,9-10,14-15,19H,5-8H2,1-3H3;4,9-10,14-15,20H,5-8,19H2,1-3H3;1-6H3;3-5H,1-2H3;6-7,9H,2-5H2,1H3;1-3H. The maximum atomic E-state index is 13.2. The van der Waals surface area contributed by atoms with Gasteiger partial charge in [-0.3, -0.25) is 30.3 Å². The quantitative estimate of drug-likeness (QED) is 0.0243. The lowest BCUT2D eigenvalue weighted by atomic mass is 9.77. The lowest BCUT2D eigenvalue weighted by molar-refractivity contribution is -0.387. The Kier molecular flexibility index (Phi) is 29.2. The van der Waals surface area contributed by atoms with E-state index in [-0.39, 0.29) is 35.0 Å². The first kappa shape index (κ1) is 81.1. The number of hydrogen-bond donors (Lipinski definition) is 4. The van der Waals surface area contributed by atoms with Crippen LogP contribution in [0, 0.1) is 97.4 Å². The van der Waals surface area contributed by atoms with Gasteiger partial charge in [-0.25, -0.2) is 4.84 Å². The van der Waals surface area contributed by atoms with E-state index in [0.29, 0.717) is 68.9 Å². The largest absolute Gasteiger partial charge is 0.500 e. The van der Waals surface area contributed by atoms with Crippen molar-refractivity contribution in [2.24, 2.45) is 0 Å². The highest BCUT2D eigenvalue weighted by Gasteiger charge is 2.53. The molecule has 0 atom stereocenters. The predicted molar refractivity (Wildman–Crippen MR) is 390 cm³/mol. The molecule has 26 nitrogen and oxygen atoms in total. The number of aromatic nitrogens is 4. The van der Waals surface area contributed by atoms with Gasteiger partial charge in [-0.15, -0.1) is 0 Å². The van der Waals surface area contributed by atoms with Gasteiger partial charge in [0.1, 0.15) is 28.7 Å². The number of nitro benzene ring substituents is 3. The molecule has 31 heteroatoms. The van der Waals surface area contributed by atoms with Gasteiger partial charge in [-0.2, -0.15) is 8.78 Å². The lowest BCUT2D eigenvalue weighted by Crippen LogP contribution is -2.41. The number of ether oxygens (including phenoxy) is 3. The first-order valence-electron chi connectivity index (χ1n) is 33.6. The van der Waals surface area contributed by atoms with Crippen molar-refractivity contribution in [1.29, 1.82) is 0 Å². The van der Waals surface area contributed by atoms with Crippen LogP contribution < -0.4 is 26.7 Å². The molecule has 4 fully saturated rings. The Labute approximate surface area is 605 Å². The summed E-state index contributed by atoms with van der Waals surface area (Å²) in [5.41, 5.74) is 15.7. The Hall–Kier alpha value is -8.23. The number of nitrogen functional groups attached to an aromatic ring is 1. The molecular formula is C71H92BBrClF2N11O15. The van der Waals surface area contributed by atoms with Gasteiger partial charge in [0.15, 0.2) is 0 Å². The number of nitrogens with one attached hydrogen (secondary N) is 3. The number of nitrogens with zero attached hydrogens (tertiary/aromatic N) is 7. The molecule has 0 spiro atoms. The molecule has 5 N–H and O–H groups in total. The summed E-state index contributed by atoms with van der Waals surface area (Å²) in [6.45, 7) is 22.8. The Morgan fingerprint density at radius 2 is 0.843 bits per heavy atom. The molecule has 1 saturated heterocycles. The van der Waals surface area contributed by atoms with E-state index in [1.165, 1.54) is 18.2 Å². The molecule has 0 unspecified atom stereocenters. The van der Waals surface area contributed by atoms with Crippen molar-refractivity contribution in [1.82, 2.24) is 25.5 Å². The van der Waals surface area contributed by atoms with Crippen molar-refractivity contribution >= 4 is 74.4 Å². The first-order chi connectivity index (χ1) is 48.3. The summed E-state index contributed by atoms with van der Waals surface area (Å²) in [6.07, 6.45) is 14.0. The minimum Gasteiger partial charge on any atom is -0.399 e. The molecule has 0 amide bonds. The van der Waals surface area contributed by atoms with Gasteiger partial charge in [-0.05, 0) is 225 Å². The topological polar surface area (TPSA) is 342 Å². The minimum absolute atomic E-state index is 0.0753. The van der Waals surface area contributed by atoms with E-state index < -0.39 is 32.9 Å². The molecule has 5 heterocycles. The fraction of sp³-hybridized carbons (Fsp3) is 0.493. The molecule has 3 saturated carbocycles. The third-order valence-corrected chi connectivity index (χ3v) is 19.7. The molecule has 4 aliphatic rings. The third kappa shape index (κ3) is 21.2. The predicted octanol–water partition coefficient (Wildman–Crippen LogP) is 16.9. The van der Waals surface area contributed by atoms with Gasteiger partial charge >= 0.3 is 18.5 Å². The zero-order valence-corrected chi connectivity index (χ0v) is 62.6. The molecular weight excluding hydrogens is 1410 g/mol. The van der Waals surface area contributed by atoms with Crippen LogP contribution in [0.3, 0.4) is 0 Å². The van der Waals surface area contributed by atoms with Crippen LogP contribution in [0.4, 0.5) is 42.9 Å². The van der Waals surface area contributed by atoms with Crippen molar-refractivity contribution in [2.75, 3.05) is 37.7 Å². The molecule has 102 heavy (non-hydrogen) atoms. The number of methoxy groups -OCH3 is 3. The van der Waals surface area contributed by atoms with E-state index in [1.807, 2.05) is 81.4 Å². The molecule has 4 aromatic carbocycles. The molecule has 12 rings (SSSR count). The Morgan fingerprint density at radius 3 is 1.20 bits per heavy atom. The number of halogens is 4. The van der Waals surface area contributed by atoms with E-state index in [4.69, 9.17) is 59.1 Å². The van der Waals surface area contributed by atoms with E-state index in [9.17, 15) is 39.1 Å². The summed E-state index contributed by atoms with van der Waals surface area (Å²) in [5, 5.41) is 54.8. The highest BCUT2D eigenvalue weighted by Crippen LogP contribution is 2.39. The minimum atomic E-state index is -0.856. The third-order valence-electron chi connectivity index (χ3n) is 18.9. The van der Waals surface area contributed by atoms with Crippen molar-refractivity contribution < 1.29 is 65.2 Å². The van der Waals surface area contributed by atoms with Gasteiger partial charge in [0, 0.05) is 84.3 Å². The van der Waals surface area contributed by atoms with Crippen LogP contribution in [0.1, 0.15) is 151 Å². The van der Waals surface area contributed by atoms with Gasteiger partial charge in [-0.1, -0.05) is 54.8 Å². The molecule has 0 radical (unpaired) electrons. The van der Waals surface area contributed by atoms with Crippen molar-refractivity contribution in [3.63, 3.8) is 0 Å². The fourth-order valence-corrected chi connectivity index (χ4v) is 13.0. The van der Waals surface area contributed by atoms with E-state index >= 15 is 0 Å². The van der Waals surface area contributed by atoms with Crippen molar-refractivity contribution in [2.45, 2.75) is 208 Å². The van der Waals surface area contributed by atoms with Gasteiger partial charge in [0.05, 0.1) is 78.4 Å². The first-order valence-corrected chi connectivity index (χ1v) is 34.7. The van der Waals surface area contributed by atoms with Crippen LogP contribution >= 0.6 is 27.7 Å². The number of nitro groups is 3. The van der Waals surface area contributed by atoms with Crippen LogP contribution in [0.15, 0.2) is 95.4 Å². The Balaban J connectivity index is 0.000000176. The fourth-order valence-electron chi connectivity index (χ4n) is 12.4. The summed E-state index contributed by atoms with van der Waals surface area (Å²) in [5.74, 6) is 1.11. The monoisotopic (exact) mass is 1500 g/mol. The van der Waals surface area contributed by atoms with Crippen LogP contribution in [0.2, 0.25) is 0 Å². The molecule has 1 aliphatic heterocycles. The molecule has 3 aliphatic carbocycles. The van der Waals surface area contributed by atoms with E-state index in [2.05, 4.69) is 64.2 Å². The number of aryl methyl sites for hydroxylation is 8. The summed E-state index contributed by atoms with van der Waals surface area (Å²) in [7, 11) is 4.93. The number of rotatable bonds is 15. The van der Waals surface area contributed by atoms with Gasteiger partial charge < -0.3 is 58.0 Å².